The Bertz CT molecular complexity index is 380. The van der Waals surface area contributed by atoms with Gasteiger partial charge < -0.3 is 10.6 Å². The monoisotopic (exact) mass is 260 g/mol. The van der Waals surface area contributed by atoms with Gasteiger partial charge in [-0.25, -0.2) is 0 Å². The Morgan fingerprint density at radius 1 is 1.11 bits per heavy atom. The quantitative estimate of drug-likeness (QED) is 0.854. The van der Waals surface area contributed by atoms with Crippen molar-refractivity contribution in [3.8, 4) is 0 Å². The molecule has 1 aliphatic carbocycles. The standard InChI is InChI=1S/C15H24N4/c1-2-13(3-1)14-4-5-15(19-18-14)17-11-8-12-6-9-16-10-7-12/h4-5,12-13,16H,1-3,6-11H2,(H,17,19). The fourth-order valence-corrected chi connectivity index (χ4v) is 2.93. The zero-order valence-electron chi connectivity index (χ0n) is 11.6. The predicted octanol–water partition coefficient (Wildman–Crippen LogP) is 2.55. The minimum absolute atomic E-state index is 0.677. The van der Waals surface area contributed by atoms with Gasteiger partial charge in [-0.05, 0) is 63.2 Å². The van der Waals surface area contributed by atoms with Crippen molar-refractivity contribution in [1.29, 1.82) is 0 Å². The van der Waals surface area contributed by atoms with Gasteiger partial charge in [-0.15, -0.1) is 5.10 Å². The van der Waals surface area contributed by atoms with E-state index in [0.29, 0.717) is 5.92 Å². The van der Waals surface area contributed by atoms with Gasteiger partial charge in [0.2, 0.25) is 0 Å². The summed E-state index contributed by atoms with van der Waals surface area (Å²) in [6.07, 6.45) is 7.80. The maximum Gasteiger partial charge on any atom is 0.148 e. The normalized spacial score (nSPS) is 21.1. The van der Waals surface area contributed by atoms with Crippen LogP contribution in [0.4, 0.5) is 5.82 Å². The number of rotatable bonds is 5. The SMILES string of the molecule is c1cc(C2CCC2)nnc1NCCC1CCNCC1. The van der Waals surface area contributed by atoms with E-state index in [2.05, 4.69) is 33.0 Å². The van der Waals surface area contributed by atoms with Gasteiger partial charge in [-0.2, -0.15) is 5.10 Å². The topological polar surface area (TPSA) is 49.8 Å². The molecule has 3 rings (SSSR count). The van der Waals surface area contributed by atoms with Crippen molar-refractivity contribution in [2.24, 2.45) is 5.92 Å². The van der Waals surface area contributed by atoms with Gasteiger partial charge in [0.1, 0.15) is 5.82 Å². The van der Waals surface area contributed by atoms with E-state index in [1.54, 1.807) is 0 Å². The Kier molecular flexibility index (Phi) is 4.28. The van der Waals surface area contributed by atoms with Crippen LogP contribution in [0.3, 0.4) is 0 Å². The first-order valence-corrected chi connectivity index (χ1v) is 7.70. The smallest absolute Gasteiger partial charge is 0.148 e. The van der Waals surface area contributed by atoms with Crippen LogP contribution in [0.2, 0.25) is 0 Å². The second kappa shape index (κ2) is 6.33. The fourth-order valence-electron chi connectivity index (χ4n) is 2.93. The lowest BCUT2D eigenvalue weighted by Gasteiger charge is -2.24. The largest absolute Gasteiger partial charge is 0.369 e. The molecule has 0 unspecified atom stereocenters. The van der Waals surface area contributed by atoms with Crippen molar-refractivity contribution in [2.45, 2.75) is 44.4 Å². The van der Waals surface area contributed by atoms with E-state index in [1.807, 2.05) is 0 Å². The lowest BCUT2D eigenvalue weighted by Crippen LogP contribution is -2.28. The van der Waals surface area contributed by atoms with E-state index in [1.165, 1.54) is 57.3 Å². The predicted molar refractivity (Wildman–Crippen MR) is 77.3 cm³/mol. The molecular weight excluding hydrogens is 236 g/mol. The molecule has 0 spiro atoms. The molecule has 19 heavy (non-hydrogen) atoms. The zero-order chi connectivity index (χ0) is 12.9. The zero-order valence-corrected chi connectivity index (χ0v) is 11.6. The molecule has 1 saturated heterocycles. The third-order valence-corrected chi connectivity index (χ3v) is 4.53. The van der Waals surface area contributed by atoms with Crippen LogP contribution in [0.1, 0.15) is 50.1 Å². The van der Waals surface area contributed by atoms with E-state index in [-0.39, 0.29) is 0 Å². The first kappa shape index (κ1) is 12.9. The summed E-state index contributed by atoms with van der Waals surface area (Å²) in [5, 5.41) is 15.4. The summed E-state index contributed by atoms with van der Waals surface area (Å²) in [5.74, 6) is 2.48. The van der Waals surface area contributed by atoms with Gasteiger partial charge in [0.25, 0.3) is 0 Å². The third-order valence-electron chi connectivity index (χ3n) is 4.53. The Balaban J connectivity index is 1.41. The molecule has 0 radical (unpaired) electrons. The van der Waals surface area contributed by atoms with Crippen molar-refractivity contribution in [1.82, 2.24) is 15.5 Å². The molecule has 1 aliphatic heterocycles. The third kappa shape index (κ3) is 3.44. The molecule has 0 aromatic carbocycles. The van der Waals surface area contributed by atoms with Gasteiger partial charge in [-0.3, -0.25) is 0 Å². The van der Waals surface area contributed by atoms with Crippen LogP contribution >= 0.6 is 0 Å². The van der Waals surface area contributed by atoms with E-state index < -0.39 is 0 Å². The van der Waals surface area contributed by atoms with E-state index in [9.17, 15) is 0 Å². The van der Waals surface area contributed by atoms with Gasteiger partial charge in [-0.1, -0.05) is 6.42 Å². The Labute approximate surface area is 115 Å². The lowest BCUT2D eigenvalue weighted by molar-refractivity contribution is 0.361. The van der Waals surface area contributed by atoms with Gasteiger partial charge >= 0.3 is 0 Å². The number of hydrogen-bond donors (Lipinski definition) is 2. The molecule has 104 valence electrons. The molecule has 2 heterocycles. The van der Waals surface area contributed by atoms with Crippen molar-refractivity contribution in [3.63, 3.8) is 0 Å². The molecule has 2 fully saturated rings. The van der Waals surface area contributed by atoms with E-state index >= 15 is 0 Å². The average Bonchev–Trinajstić information content (AvgIpc) is 2.40. The van der Waals surface area contributed by atoms with Crippen molar-refractivity contribution in [3.05, 3.63) is 17.8 Å². The lowest BCUT2D eigenvalue weighted by atomic mass is 9.83. The molecule has 0 atom stereocenters. The summed E-state index contributed by atoms with van der Waals surface area (Å²) >= 11 is 0. The highest BCUT2D eigenvalue weighted by Gasteiger charge is 2.20. The van der Waals surface area contributed by atoms with E-state index in [0.717, 1.165) is 18.3 Å². The molecular formula is C15H24N4. The Morgan fingerprint density at radius 3 is 2.58 bits per heavy atom. The van der Waals surface area contributed by atoms with E-state index in [4.69, 9.17) is 0 Å². The minimum atomic E-state index is 0.677. The molecule has 4 nitrogen and oxygen atoms in total. The number of aromatic nitrogens is 2. The summed E-state index contributed by atoms with van der Waals surface area (Å²) in [5.41, 5.74) is 1.18. The highest BCUT2D eigenvalue weighted by molar-refractivity contribution is 5.33. The van der Waals surface area contributed by atoms with Crippen LogP contribution in [0, 0.1) is 5.92 Å². The summed E-state index contributed by atoms with van der Waals surface area (Å²) < 4.78 is 0. The van der Waals surface area contributed by atoms with Crippen LogP contribution in [0.5, 0.6) is 0 Å². The maximum atomic E-state index is 4.34. The summed E-state index contributed by atoms with van der Waals surface area (Å²) in [6, 6.07) is 4.23. The number of anilines is 1. The van der Waals surface area contributed by atoms with Crippen LogP contribution in [-0.4, -0.2) is 29.8 Å². The van der Waals surface area contributed by atoms with Crippen LogP contribution in [-0.2, 0) is 0 Å². The molecule has 1 aromatic rings. The van der Waals surface area contributed by atoms with Gasteiger partial charge in [0, 0.05) is 12.5 Å². The molecule has 2 aliphatic rings. The van der Waals surface area contributed by atoms with Crippen molar-refractivity contribution >= 4 is 5.82 Å². The Morgan fingerprint density at radius 2 is 1.95 bits per heavy atom. The molecule has 1 aromatic heterocycles. The molecule has 4 heteroatoms. The second-order valence-corrected chi connectivity index (χ2v) is 5.88. The maximum absolute atomic E-state index is 4.34. The first-order chi connectivity index (χ1) is 9.42. The van der Waals surface area contributed by atoms with Crippen LogP contribution in [0.15, 0.2) is 12.1 Å². The minimum Gasteiger partial charge on any atom is -0.369 e. The number of nitrogens with one attached hydrogen (secondary N) is 2. The fraction of sp³-hybridized carbons (Fsp3) is 0.733. The van der Waals surface area contributed by atoms with Crippen molar-refractivity contribution in [2.75, 3.05) is 25.0 Å². The van der Waals surface area contributed by atoms with Crippen LogP contribution in [0.25, 0.3) is 0 Å². The average molecular weight is 260 g/mol. The first-order valence-electron chi connectivity index (χ1n) is 7.70. The summed E-state index contributed by atoms with van der Waals surface area (Å²) in [6.45, 7) is 3.38. The molecule has 0 bridgehead atoms. The summed E-state index contributed by atoms with van der Waals surface area (Å²) in [4.78, 5) is 0. The van der Waals surface area contributed by atoms with Gasteiger partial charge in [0.05, 0.1) is 5.69 Å². The number of nitrogens with zero attached hydrogens (tertiary/aromatic N) is 2. The van der Waals surface area contributed by atoms with Gasteiger partial charge in [0.15, 0.2) is 0 Å². The molecule has 1 saturated carbocycles. The molecule has 0 amide bonds. The molecule has 2 N–H and O–H groups in total. The second-order valence-electron chi connectivity index (χ2n) is 5.88. The highest BCUT2D eigenvalue weighted by Crippen LogP contribution is 2.34. The summed E-state index contributed by atoms with van der Waals surface area (Å²) in [7, 11) is 0. The van der Waals surface area contributed by atoms with Crippen LogP contribution < -0.4 is 10.6 Å². The highest BCUT2D eigenvalue weighted by atomic mass is 15.2. The number of piperidine rings is 1. The number of hydrogen-bond acceptors (Lipinski definition) is 4. The van der Waals surface area contributed by atoms with Crippen molar-refractivity contribution < 1.29 is 0 Å². The Hall–Kier alpha value is -1.16.